The highest BCUT2D eigenvalue weighted by molar-refractivity contribution is 5.72. The molecule has 0 saturated heterocycles. The molecule has 0 spiro atoms. The third-order valence-electron chi connectivity index (χ3n) is 7.06. The molecule has 2 aromatic carbocycles. The molecule has 2 aliphatic rings. The van der Waals surface area contributed by atoms with Crippen LogP contribution in [0.3, 0.4) is 0 Å². The van der Waals surface area contributed by atoms with Crippen molar-refractivity contribution in [2.75, 3.05) is 7.11 Å². The highest BCUT2D eigenvalue weighted by atomic mass is 16.5. The van der Waals surface area contributed by atoms with Gasteiger partial charge in [0, 0.05) is 17.5 Å². The lowest BCUT2D eigenvalue weighted by atomic mass is 9.60. The minimum Gasteiger partial charge on any atom is -0.497 e. The van der Waals surface area contributed by atoms with Gasteiger partial charge in [0.25, 0.3) is 0 Å². The van der Waals surface area contributed by atoms with E-state index < -0.39 is 6.10 Å². The second-order valence-electron chi connectivity index (χ2n) is 8.78. The van der Waals surface area contributed by atoms with E-state index in [0.717, 1.165) is 48.4 Å². The van der Waals surface area contributed by atoms with Crippen molar-refractivity contribution in [3.63, 3.8) is 0 Å². The number of hydrogen-bond donors (Lipinski definition) is 1. The summed E-state index contributed by atoms with van der Waals surface area (Å²) in [6.45, 7) is 3.16. The lowest BCUT2D eigenvalue weighted by Gasteiger charge is -2.48. The first kappa shape index (κ1) is 19.1. The lowest BCUT2D eigenvalue weighted by Crippen LogP contribution is -2.42. The van der Waals surface area contributed by atoms with Crippen LogP contribution in [0.25, 0.3) is 17.3 Å². The second-order valence-corrected chi connectivity index (χ2v) is 8.78. The van der Waals surface area contributed by atoms with Crippen LogP contribution in [0.5, 0.6) is 5.75 Å². The molecular weight excluding hydrogens is 372 g/mol. The third-order valence-corrected chi connectivity index (χ3v) is 7.06. The fraction of sp³-hybridized carbons (Fsp3) is 0.346. The number of fused-ring (bicyclic) bond motifs is 2. The minimum atomic E-state index is -0.521. The maximum atomic E-state index is 11.4. The summed E-state index contributed by atoms with van der Waals surface area (Å²) in [5.74, 6) is 0.941. The molecule has 1 aliphatic carbocycles. The molecule has 0 bridgehead atoms. The molecular formula is C26H28N2O2. The molecule has 1 N–H and O–H groups in total. The molecule has 1 aromatic heterocycles. The Bertz CT molecular complexity index is 1090. The molecule has 0 unspecified atom stereocenters. The molecule has 4 nitrogen and oxygen atoms in total. The number of methoxy groups -OCH3 is 1. The molecule has 3 atom stereocenters. The fourth-order valence-electron chi connectivity index (χ4n) is 5.38. The fourth-order valence-corrected chi connectivity index (χ4v) is 5.38. The van der Waals surface area contributed by atoms with Gasteiger partial charge >= 0.3 is 0 Å². The Hall–Kier alpha value is -2.85. The Morgan fingerprint density at radius 1 is 1.17 bits per heavy atom. The van der Waals surface area contributed by atoms with E-state index in [0.29, 0.717) is 0 Å². The molecule has 1 fully saturated rings. The summed E-state index contributed by atoms with van der Waals surface area (Å²) < 4.78 is 7.65. The highest BCUT2D eigenvalue weighted by Gasteiger charge is 2.46. The van der Waals surface area contributed by atoms with Gasteiger partial charge in [-0.3, -0.25) is 0 Å². The van der Waals surface area contributed by atoms with Crippen molar-refractivity contribution in [1.29, 1.82) is 0 Å². The maximum Gasteiger partial charge on any atom is 0.119 e. The molecule has 1 aliphatic heterocycles. The van der Waals surface area contributed by atoms with Crippen LogP contribution < -0.4 is 4.74 Å². The number of aliphatic hydroxyl groups excluding tert-OH is 1. The number of aliphatic hydroxyl groups is 1. The lowest BCUT2D eigenvalue weighted by molar-refractivity contribution is 0.0123. The van der Waals surface area contributed by atoms with Crippen LogP contribution in [0.4, 0.5) is 0 Å². The molecule has 154 valence electrons. The van der Waals surface area contributed by atoms with Crippen molar-refractivity contribution >= 4 is 6.08 Å². The van der Waals surface area contributed by atoms with E-state index in [2.05, 4.69) is 41.8 Å². The first-order valence-electron chi connectivity index (χ1n) is 10.7. The molecule has 3 aromatic rings. The van der Waals surface area contributed by atoms with Gasteiger partial charge in [0.1, 0.15) is 5.75 Å². The van der Waals surface area contributed by atoms with E-state index in [9.17, 15) is 5.11 Å². The van der Waals surface area contributed by atoms with Crippen molar-refractivity contribution in [2.24, 2.45) is 11.3 Å². The van der Waals surface area contributed by atoms with Crippen LogP contribution in [0, 0.1) is 11.3 Å². The van der Waals surface area contributed by atoms with Crippen molar-refractivity contribution in [3.8, 4) is 17.0 Å². The van der Waals surface area contributed by atoms with E-state index in [1.165, 1.54) is 11.3 Å². The van der Waals surface area contributed by atoms with Gasteiger partial charge < -0.3 is 14.4 Å². The zero-order chi connectivity index (χ0) is 20.7. The molecule has 30 heavy (non-hydrogen) atoms. The second kappa shape index (κ2) is 7.44. The monoisotopic (exact) mass is 400 g/mol. The maximum absolute atomic E-state index is 11.4. The van der Waals surface area contributed by atoms with Crippen LogP contribution >= 0.6 is 0 Å². The van der Waals surface area contributed by atoms with Crippen LogP contribution in [0.2, 0.25) is 0 Å². The van der Waals surface area contributed by atoms with E-state index >= 15 is 0 Å². The van der Waals surface area contributed by atoms with Crippen molar-refractivity contribution < 1.29 is 9.84 Å². The Labute approximate surface area is 177 Å². The first-order valence-corrected chi connectivity index (χ1v) is 10.7. The first-order chi connectivity index (χ1) is 14.6. The van der Waals surface area contributed by atoms with E-state index in [4.69, 9.17) is 9.72 Å². The van der Waals surface area contributed by atoms with Crippen molar-refractivity contribution in [3.05, 3.63) is 77.8 Å². The molecule has 0 amide bonds. The summed E-state index contributed by atoms with van der Waals surface area (Å²) in [4.78, 5) is 4.75. The van der Waals surface area contributed by atoms with Gasteiger partial charge in [0.05, 0.1) is 30.9 Å². The normalized spacial score (nSPS) is 23.8. The Morgan fingerprint density at radius 2 is 2.00 bits per heavy atom. The average molecular weight is 401 g/mol. The number of imidazole rings is 1. The van der Waals surface area contributed by atoms with Crippen LogP contribution in [-0.2, 0) is 6.54 Å². The van der Waals surface area contributed by atoms with E-state index in [1.807, 2.05) is 36.7 Å². The predicted octanol–water partition coefficient (Wildman–Crippen LogP) is 5.50. The molecule has 4 heteroatoms. The summed E-state index contributed by atoms with van der Waals surface area (Å²) in [7, 11) is 1.67. The van der Waals surface area contributed by atoms with Crippen LogP contribution in [-0.4, -0.2) is 21.8 Å². The summed E-state index contributed by atoms with van der Waals surface area (Å²) in [5, 5.41) is 11.4. The minimum absolute atomic E-state index is 0.0948. The standard InChI is InChI=1S/C26H28N2O2/c1-26-16-28-17-27-24(18-8-4-3-5-9-18)23(28)15-20(26)11-7-13-22(26)25(29)19-10-6-12-21(14-19)30-2/h3-6,8-10,12,14-15,17,22,25,29H,7,11,13,16H2,1-2H3/t22-,25-,26+/m1/s1. The Morgan fingerprint density at radius 3 is 2.80 bits per heavy atom. The quantitative estimate of drug-likeness (QED) is 0.629. The third kappa shape index (κ3) is 3.07. The van der Waals surface area contributed by atoms with Crippen molar-refractivity contribution in [1.82, 2.24) is 9.55 Å². The van der Waals surface area contributed by atoms with Gasteiger partial charge in [-0.15, -0.1) is 0 Å². The van der Waals surface area contributed by atoms with Gasteiger partial charge in [0.2, 0.25) is 0 Å². The number of rotatable bonds is 4. The average Bonchev–Trinajstić information content (AvgIpc) is 3.19. The predicted molar refractivity (Wildman–Crippen MR) is 119 cm³/mol. The number of ether oxygens (including phenoxy) is 1. The van der Waals surface area contributed by atoms with Gasteiger partial charge in [-0.2, -0.15) is 0 Å². The number of hydrogen-bond acceptors (Lipinski definition) is 3. The Balaban J connectivity index is 1.52. The molecule has 0 radical (unpaired) electrons. The SMILES string of the molecule is COc1cccc([C@@H](O)[C@H]2CCCC3=Cc4c(-c5ccccc5)ncn4C[C@@]32C)c1. The zero-order valence-corrected chi connectivity index (χ0v) is 17.6. The number of nitrogens with zero attached hydrogens (tertiary/aromatic N) is 2. The topological polar surface area (TPSA) is 47.3 Å². The summed E-state index contributed by atoms with van der Waals surface area (Å²) in [6.07, 6.45) is 6.97. The smallest absolute Gasteiger partial charge is 0.119 e. The number of allylic oxidation sites excluding steroid dienone is 1. The Kier molecular flexibility index (Phi) is 4.75. The summed E-state index contributed by atoms with van der Waals surface area (Å²) >= 11 is 0. The summed E-state index contributed by atoms with van der Waals surface area (Å²) in [5.41, 5.74) is 5.65. The van der Waals surface area contributed by atoms with Gasteiger partial charge in [0.15, 0.2) is 0 Å². The van der Waals surface area contributed by atoms with Gasteiger partial charge in [-0.1, -0.05) is 55.0 Å². The zero-order valence-electron chi connectivity index (χ0n) is 17.6. The summed E-state index contributed by atoms with van der Waals surface area (Å²) in [6, 6.07) is 18.2. The van der Waals surface area contributed by atoms with E-state index in [-0.39, 0.29) is 11.3 Å². The number of aromatic nitrogens is 2. The highest BCUT2D eigenvalue weighted by Crippen LogP contribution is 2.54. The molecule has 5 rings (SSSR count). The van der Waals surface area contributed by atoms with Gasteiger partial charge in [-0.05, 0) is 49.0 Å². The van der Waals surface area contributed by atoms with Crippen molar-refractivity contribution in [2.45, 2.75) is 38.8 Å². The van der Waals surface area contributed by atoms with Gasteiger partial charge in [-0.25, -0.2) is 4.98 Å². The van der Waals surface area contributed by atoms with E-state index in [1.54, 1.807) is 7.11 Å². The number of benzene rings is 2. The molecule has 1 saturated carbocycles. The molecule has 2 heterocycles. The van der Waals surface area contributed by atoms with Crippen LogP contribution in [0.1, 0.15) is 43.5 Å². The largest absolute Gasteiger partial charge is 0.497 e. The van der Waals surface area contributed by atoms with Crippen LogP contribution in [0.15, 0.2) is 66.5 Å².